The predicted octanol–water partition coefficient (Wildman–Crippen LogP) is 1.33. The van der Waals surface area contributed by atoms with Gasteiger partial charge in [0.2, 0.25) is 0 Å². The third-order valence-corrected chi connectivity index (χ3v) is 3.79. The van der Waals surface area contributed by atoms with Crippen LogP contribution in [-0.4, -0.2) is 37.0 Å². The second kappa shape index (κ2) is 5.42. The minimum Gasteiger partial charge on any atom is -0.493 e. The second-order valence-corrected chi connectivity index (χ2v) is 4.85. The quantitative estimate of drug-likeness (QED) is 0.802. The molecule has 0 saturated carbocycles. The van der Waals surface area contributed by atoms with Crippen LogP contribution in [0.25, 0.3) is 0 Å². The number of benzene rings is 1. The Labute approximate surface area is 104 Å². The summed E-state index contributed by atoms with van der Waals surface area (Å²) in [6.07, 6.45) is 0.220. The van der Waals surface area contributed by atoms with Crippen molar-refractivity contribution in [1.29, 1.82) is 0 Å². The Kier molecular flexibility index (Phi) is 3.91. The van der Waals surface area contributed by atoms with Crippen molar-refractivity contribution in [3.8, 4) is 11.5 Å². The number of carbonyl (C=O) groups is 1. The van der Waals surface area contributed by atoms with Gasteiger partial charge in [0.05, 0.1) is 13.7 Å². The highest BCUT2D eigenvalue weighted by molar-refractivity contribution is 8.00. The number of methoxy groups -OCH3 is 1. The van der Waals surface area contributed by atoms with Crippen molar-refractivity contribution in [2.75, 3.05) is 25.2 Å². The number of ketones is 1. The molecule has 1 aromatic carbocycles. The van der Waals surface area contributed by atoms with Crippen molar-refractivity contribution in [1.82, 2.24) is 0 Å². The van der Waals surface area contributed by atoms with Gasteiger partial charge in [-0.1, -0.05) is 0 Å². The number of hydrogen-bond acceptors (Lipinski definition) is 5. The number of rotatable bonds is 5. The summed E-state index contributed by atoms with van der Waals surface area (Å²) in [6, 6.07) is 5.15. The molecule has 0 amide bonds. The van der Waals surface area contributed by atoms with Crippen LogP contribution < -0.4 is 15.2 Å². The van der Waals surface area contributed by atoms with Crippen LogP contribution >= 0.6 is 11.8 Å². The molecule has 1 saturated heterocycles. The molecule has 0 spiro atoms. The van der Waals surface area contributed by atoms with E-state index in [0.717, 1.165) is 11.5 Å². The van der Waals surface area contributed by atoms with Gasteiger partial charge >= 0.3 is 0 Å². The molecule has 1 aliphatic heterocycles. The predicted molar refractivity (Wildman–Crippen MR) is 68.1 cm³/mol. The summed E-state index contributed by atoms with van der Waals surface area (Å²) in [5.41, 5.74) is 5.90. The van der Waals surface area contributed by atoms with Crippen molar-refractivity contribution in [2.24, 2.45) is 5.73 Å². The van der Waals surface area contributed by atoms with Gasteiger partial charge in [-0.05, 0) is 18.2 Å². The molecule has 5 heteroatoms. The second-order valence-electron chi connectivity index (χ2n) is 3.77. The molecule has 1 fully saturated rings. The number of nitrogens with two attached hydrogens (primary N) is 1. The fraction of sp³-hybridized carbons (Fsp3) is 0.417. The van der Waals surface area contributed by atoms with Gasteiger partial charge in [-0.25, -0.2) is 0 Å². The van der Waals surface area contributed by atoms with Crippen LogP contribution in [0.3, 0.4) is 0 Å². The number of thioether (sulfide) groups is 1. The van der Waals surface area contributed by atoms with E-state index in [2.05, 4.69) is 0 Å². The third kappa shape index (κ3) is 2.73. The smallest absolute Gasteiger partial charge is 0.176 e. The van der Waals surface area contributed by atoms with Gasteiger partial charge in [-0.2, -0.15) is 11.8 Å². The third-order valence-electron chi connectivity index (χ3n) is 2.57. The lowest BCUT2D eigenvalue weighted by atomic mass is 10.1. The Morgan fingerprint density at radius 1 is 1.47 bits per heavy atom. The minimum atomic E-state index is -0.0968. The number of ether oxygens (including phenoxy) is 2. The van der Waals surface area contributed by atoms with Crippen molar-refractivity contribution in [3.63, 3.8) is 0 Å². The molecule has 1 heterocycles. The van der Waals surface area contributed by atoms with Crippen molar-refractivity contribution < 1.29 is 14.3 Å². The summed E-state index contributed by atoms with van der Waals surface area (Å²) in [5, 5.41) is 0. The van der Waals surface area contributed by atoms with E-state index in [-0.39, 0.29) is 18.4 Å². The first-order valence-corrected chi connectivity index (χ1v) is 6.55. The molecule has 1 aliphatic rings. The molecule has 92 valence electrons. The molecule has 0 aliphatic carbocycles. The molecule has 2 N–H and O–H groups in total. The maximum Gasteiger partial charge on any atom is 0.176 e. The first kappa shape index (κ1) is 12.3. The molecule has 0 unspecified atom stereocenters. The molecule has 0 aromatic heterocycles. The fourth-order valence-electron chi connectivity index (χ4n) is 1.52. The van der Waals surface area contributed by atoms with Gasteiger partial charge < -0.3 is 15.2 Å². The summed E-state index contributed by atoms with van der Waals surface area (Å²) in [4.78, 5) is 11.5. The normalized spacial score (nSPS) is 15.2. The lowest BCUT2D eigenvalue weighted by Gasteiger charge is -2.26. The zero-order valence-corrected chi connectivity index (χ0v) is 10.5. The van der Waals surface area contributed by atoms with Crippen molar-refractivity contribution in [2.45, 2.75) is 6.10 Å². The minimum absolute atomic E-state index is 0.00501. The van der Waals surface area contributed by atoms with Crippen LogP contribution in [0.2, 0.25) is 0 Å². The topological polar surface area (TPSA) is 61.5 Å². The molecule has 4 nitrogen and oxygen atoms in total. The Morgan fingerprint density at radius 2 is 2.24 bits per heavy atom. The van der Waals surface area contributed by atoms with E-state index >= 15 is 0 Å². The molecule has 0 radical (unpaired) electrons. The molecule has 17 heavy (non-hydrogen) atoms. The highest BCUT2D eigenvalue weighted by atomic mass is 32.2. The summed E-state index contributed by atoms with van der Waals surface area (Å²) in [7, 11) is 1.59. The number of carbonyl (C=O) groups excluding carboxylic acids is 1. The first-order chi connectivity index (χ1) is 8.24. The van der Waals surface area contributed by atoms with Crippen LogP contribution in [0.5, 0.6) is 11.5 Å². The summed E-state index contributed by atoms with van der Waals surface area (Å²) >= 11 is 1.84. The molecule has 0 bridgehead atoms. The number of Topliss-reactive ketones (excluding diaryl/α,β-unsaturated/α-hetero) is 1. The van der Waals surface area contributed by atoms with E-state index in [1.807, 2.05) is 11.8 Å². The largest absolute Gasteiger partial charge is 0.493 e. The average molecular weight is 253 g/mol. The van der Waals surface area contributed by atoms with Crippen LogP contribution in [0, 0.1) is 0 Å². The molecule has 1 aromatic rings. The van der Waals surface area contributed by atoms with Gasteiger partial charge in [0, 0.05) is 17.1 Å². The summed E-state index contributed by atoms with van der Waals surface area (Å²) in [6.45, 7) is 0.00501. The summed E-state index contributed by atoms with van der Waals surface area (Å²) < 4.78 is 11.0. The highest BCUT2D eigenvalue weighted by Gasteiger charge is 2.22. The van der Waals surface area contributed by atoms with Gasteiger partial charge in [0.15, 0.2) is 17.3 Å². The highest BCUT2D eigenvalue weighted by Crippen LogP contribution is 2.32. The van der Waals surface area contributed by atoms with Gasteiger partial charge in [0.25, 0.3) is 0 Å². The van der Waals surface area contributed by atoms with Gasteiger partial charge in [0.1, 0.15) is 6.10 Å². The number of hydrogen-bond donors (Lipinski definition) is 1. The lowest BCUT2D eigenvalue weighted by molar-refractivity contribution is 0.100. The van der Waals surface area contributed by atoms with Crippen LogP contribution in [0.4, 0.5) is 0 Å². The van der Waals surface area contributed by atoms with E-state index in [1.54, 1.807) is 25.3 Å². The SMILES string of the molecule is COc1ccc(C(=O)CN)cc1OC1CSC1. The lowest BCUT2D eigenvalue weighted by Crippen LogP contribution is -2.31. The zero-order chi connectivity index (χ0) is 12.3. The molecule has 2 rings (SSSR count). The average Bonchev–Trinajstić information content (AvgIpc) is 2.32. The molecular formula is C12H15NO3S. The van der Waals surface area contributed by atoms with E-state index in [4.69, 9.17) is 15.2 Å². The Bertz CT molecular complexity index is 418. The van der Waals surface area contributed by atoms with Crippen molar-refractivity contribution >= 4 is 17.5 Å². The monoisotopic (exact) mass is 253 g/mol. The van der Waals surface area contributed by atoms with Crippen LogP contribution in [0.1, 0.15) is 10.4 Å². The zero-order valence-electron chi connectivity index (χ0n) is 9.64. The standard InChI is InChI=1S/C12H15NO3S/c1-15-11-3-2-8(10(14)5-13)4-12(11)16-9-6-17-7-9/h2-4,9H,5-7,13H2,1H3. The molecular weight excluding hydrogens is 238 g/mol. The van der Waals surface area contributed by atoms with Gasteiger partial charge in [-0.3, -0.25) is 4.79 Å². The Balaban J connectivity index is 2.22. The summed E-state index contributed by atoms with van der Waals surface area (Å²) in [5.74, 6) is 3.14. The maximum atomic E-state index is 11.5. The fourth-order valence-corrected chi connectivity index (χ4v) is 2.09. The van der Waals surface area contributed by atoms with Gasteiger partial charge in [-0.15, -0.1) is 0 Å². The van der Waals surface area contributed by atoms with E-state index < -0.39 is 0 Å². The maximum absolute atomic E-state index is 11.5. The van der Waals surface area contributed by atoms with E-state index in [1.165, 1.54) is 0 Å². The van der Waals surface area contributed by atoms with Crippen LogP contribution in [0.15, 0.2) is 18.2 Å². The Hall–Kier alpha value is -1.20. The van der Waals surface area contributed by atoms with E-state index in [0.29, 0.717) is 17.1 Å². The first-order valence-electron chi connectivity index (χ1n) is 5.40. The van der Waals surface area contributed by atoms with Crippen LogP contribution in [-0.2, 0) is 0 Å². The molecule has 0 atom stereocenters. The Morgan fingerprint density at radius 3 is 2.76 bits per heavy atom. The van der Waals surface area contributed by atoms with Crippen molar-refractivity contribution in [3.05, 3.63) is 23.8 Å². The van der Waals surface area contributed by atoms with E-state index in [9.17, 15) is 4.79 Å².